The fourth-order valence-electron chi connectivity index (χ4n) is 3.88. The molecule has 0 spiro atoms. The van der Waals surface area contributed by atoms with E-state index < -0.39 is 20.0 Å². The maximum absolute atomic E-state index is 13.2. The van der Waals surface area contributed by atoms with E-state index in [2.05, 4.69) is 9.44 Å². The first-order chi connectivity index (χ1) is 18.6. The molecule has 1 aliphatic rings. The van der Waals surface area contributed by atoms with E-state index in [-0.39, 0.29) is 84.9 Å². The van der Waals surface area contributed by atoms with E-state index in [0.29, 0.717) is 0 Å². The van der Waals surface area contributed by atoms with Crippen molar-refractivity contribution in [1.29, 1.82) is 0 Å². The summed E-state index contributed by atoms with van der Waals surface area (Å²) >= 11 is 0. The summed E-state index contributed by atoms with van der Waals surface area (Å²) in [6.45, 7) is 12.8. The van der Waals surface area contributed by atoms with Gasteiger partial charge in [-0.25, -0.2) is 26.3 Å². The summed E-state index contributed by atoms with van der Waals surface area (Å²) in [6, 6.07) is 10.2. The van der Waals surface area contributed by atoms with Gasteiger partial charge in [0.25, 0.3) is 0 Å². The van der Waals surface area contributed by atoms with Crippen LogP contribution in [0.25, 0.3) is 0 Å². The lowest BCUT2D eigenvalue weighted by Gasteiger charge is -2.22. The fraction of sp³-hybridized carbons (Fsp3) is 0.571. The molecule has 40 heavy (non-hydrogen) atoms. The second-order valence-corrected chi connectivity index (χ2v) is 15.0. The molecule has 0 saturated carbocycles. The highest BCUT2D eigenvalue weighted by Gasteiger charge is 2.25. The first-order valence-corrected chi connectivity index (χ1v) is 16.3. The summed E-state index contributed by atoms with van der Waals surface area (Å²) in [5.41, 5.74) is 1.10. The van der Waals surface area contributed by atoms with Crippen molar-refractivity contribution in [3.63, 3.8) is 0 Å². The molecular formula is C28H42N2O8S2. The quantitative estimate of drug-likeness (QED) is 0.473. The Bertz CT molecular complexity index is 1260. The van der Waals surface area contributed by atoms with Gasteiger partial charge in [-0.3, -0.25) is 0 Å². The molecule has 2 aromatic rings. The summed E-state index contributed by atoms with van der Waals surface area (Å²) < 4.78 is 80.7. The lowest BCUT2D eigenvalue weighted by atomic mass is 9.87. The minimum Gasteiger partial charge on any atom is -0.489 e. The second kappa shape index (κ2) is 13.2. The van der Waals surface area contributed by atoms with E-state index in [0.717, 1.165) is 11.1 Å². The molecule has 0 radical (unpaired) electrons. The van der Waals surface area contributed by atoms with Crippen LogP contribution in [0.5, 0.6) is 11.5 Å². The van der Waals surface area contributed by atoms with E-state index in [4.69, 9.17) is 18.9 Å². The van der Waals surface area contributed by atoms with Crippen LogP contribution in [0, 0.1) is 0 Å². The highest BCUT2D eigenvalue weighted by atomic mass is 32.2. The standard InChI is InChI=1S/C28H42N2O8S2/c1-27(2,3)21-7-9-23-25(19-21)39(31,32)29-11-13-35-15-16-36-14-12-30-40(33,34)26-20-22(28(4,5)6)8-10-24(26)38-18-17-37-23/h7-10,19-20,29-30H,11-18H2,1-6H3. The van der Waals surface area contributed by atoms with Crippen LogP contribution in [0.2, 0.25) is 0 Å². The predicted molar refractivity (Wildman–Crippen MR) is 153 cm³/mol. The van der Waals surface area contributed by atoms with Crippen LogP contribution in [-0.4, -0.2) is 69.6 Å². The van der Waals surface area contributed by atoms with Gasteiger partial charge in [0.2, 0.25) is 20.0 Å². The molecule has 1 aliphatic heterocycles. The molecule has 12 heteroatoms. The van der Waals surface area contributed by atoms with E-state index in [9.17, 15) is 16.8 Å². The van der Waals surface area contributed by atoms with Crippen molar-refractivity contribution in [3.8, 4) is 11.5 Å². The molecule has 0 aliphatic carbocycles. The van der Waals surface area contributed by atoms with Crippen LogP contribution >= 0.6 is 0 Å². The molecule has 0 fully saturated rings. The third-order valence-electron chi connectivity index (χ3n) is 6.25. The van der Waals surface area contributed by atoms with Gasteiger partial charge in [-0.2, -0.15) is 0 Å². The Kier molecular flexibility index (Phi) is 10.6. The second-order valence-electron chi connectivity index (χ2n) is 11.5. The molecule has 0 aromatic heterocycles. The number of benzene rings is 2. The zero-order valence-electron chi connectivity index (χ0n) is 24.2. The summed E-state index contributed by atoms with van der Waals surface area (Å²) in [6.07, 6.45) is 0. The zero-order chi connectivity index (χ0) is 29.6. The van der Waals surface area contributed by atoms with Crippen molar-refractivity contribution >= 4 is 20.0 Å². The molecule has 1 heterocycles. The van der Waals surface area contributed by atoms with E-state index in [1.807, 2.05) is 53.7 Å². The first kappa shape index (κ1) is 32.3. The van der Waals surface area contributed by atoms with Gasteiger partial charge in [0, 0.05) is 13.1 Å². The predicted octanol–water partition coefficient (Wildman–Crippen LogP) is 3.34. The third-order valence-corrected chi connectivity index (χ3v) is 9.21. The molecule has 10 nitrogen and oxygen atoms in total. The van der Waals surface area contributed by atoms with Crippen LogP contribution in [0.4, 0.5) is 0 Å². The largest absolute Gasteiger partial charge is 0.489 e. The molecule has 2 aromatic carbocycles. The van der Waals surface area contributed by atoms with Crippen LogP contribution in [0.15, 0.2) is 46.2 Å². The van der Waals surface area contributed by atoms with Crippen molar-refractivity contribution in [2.45, 2.75) is 62.2 Å². The topological polar surface area (TPSA) is 129 Å². The van der Waals surface area contributed by atoms with Crippen LogP contribution in [-0.2, 0) is 40.4 Å². The average molecular weight is 599 g/mol. The smallest absolute Gasteiger partial charge is 0.244 e. The Labute approximate surface area is 238 Å². The molecule has 0 bridgehead atoms. The molecule has 0 saturated heterocycles. The number of hydrogen-bond acceptors (Lipinski definition) is 8. The number of rotatable bonds is 0. The maximum atomic E-state index is 13.2. The SMILES string of the molecule is CC(C)(C)c1ccc2c(c1)S(=O)(=O)NCCOCCOCCNS(=O)(=O)c1cc(C(C)(C)C)ccc1OCCO2. The van der Waals surface area contributed by atoms with Gasteiger partial charge in [0.15, 0.2) is 0 Å². The summed E-state index contributed by atoms with van der Waals surface area (Å²) in [5.74, 6) is 0.343. The van der Waals surface area contributed by atoms with Gasteiger partial charge in [-0.1, -0.05) is 53.7 Å². The Hall–Kier alpha value is -2.22. The number of fused-ring (bicyclic) bond motifs is 2. The van der Waals surface area contributed by atoms with Crippen molar-refractivity contribution in [3.05, 3.63) is 47.5 Å². The molecular weight excluding hydrogens is 556 g/mol. The molecule has 3 rings (SSSR count). The zero-order valence-corrected chi connectivity index (χ0v) is 25.8. The summed E-state index contributed by atoms with van der Waals surface area (Å²) in [7, 11) is -7.82. The first-order valence-electron chi connectivity index (χ1n) is 13.3. The average Bonchev–Trinajstić information content (AvgIpc) is 2.86. The van der Waals surface area contributed by atoms with E-state index in [1.165, 1.54) is 0 Å². The number of ether oxygens (including phenoxy) is 4. The van der Waals surface area contributed by atoms with Gasteiger partial charge in [0.1, 0.15) is 34.5 Å². The molecule has 0 unspecified atom stereocenters. The van der Waals surface area contributed by atoms with Gasteiger partial charge >= 0.3 is 0 Å². The molecule has 2 N–H and O–H groups in total. The van der Waals surface area contributed by atoms with Crippen molar-refractivity contribution < 1.29 is 35.8 Å². The Balaban J connectivity index is 1.92. The number of hydrogen-bond donors (Lipinski definition) is 2. The highest BCUT2D eigenvalue weighted by Crippen LogP contribution is 2.32. The summed E-state index contributed by atoms with van der Waals surface area (Å²) in [4.78, 5) is 0.0271. The Morgan fingerprint density at radius 3 is 1.30 bits per heavy atom. The van der Waals surface area contributed by atoms with Crippen molar-refractivity contribution in [1.82, 2.24) is 9.44 Å². The van der Waals surface area contributed by atoms with Crippen LogP contribution < -0.4 is 18.9 Å². The lowest BCUT2D eigenvalue weighted by Crippen LogP contribution is -2.30. The van der Waals surface area contributed by atoms with Gasteiger partial charge in [-0.05, 0) is 46.2 Å². The highest BCUT2D eigenvalue weighted by molar-refractivity contribution is 7.89. The fourth-order valence-corrected chi connectivity index (χ4v) is 6.25. The Morgan fingerprint density at radius 1 is 0.575 bits per heavy atom. The normalized spacial score (nSPS) is 19.8. The maximum Gasteiger partial charge on any atom is 0.244 e. The third kappa shape index (κ3) is 8.89. The minimum atomic E-state index is -3.91. The summed E-state index contributed by atoms with van der Waals surface area (Å²) in [5, 5.41) is 0. The number of nitrogens with one attached hydrogen (secondary N) is 2. The van der Waals surface area contributed by atoms with Gasteiger partial charge in [0.05, 0.1) is 26.4 Å². The van der Waals surface area contributed by atoms with Crippen molar-refractivity contribution in [2.75, 3.05) is 52.7 Å². The minimum absolute atomic E-state index is 0.0116. The lowest BCUT2D eigenvalue weighted by molar-refractivity contribution is 0.0522. The Morgan fingerprint density at radius 2 is 0.950 bits per heavy atom. The van der Waals surface area contributed by atoms with E-state index >= 15 is 0 Å². The van der Waals surface area contributed by atoms with Crippen LogP contribution in [0.1, 0.15) is 52.7 Å². The molecule has 224 valence electrons. The van der Waals surface area contributed by atoms with E-state index in [1.54, 1.807) is 24.3 Å². The van der Waals surface area contributed by atoms with Gasteiger partial charge in [-0.15, -0.1) is 0 Å². The number of sulfonamides is 2. The van der Waals surface area contributed by atoms with Crippen LogP contribution in [0.3, 0.4) is 0 Å². The molecule has 0 amide bonds. The van der Waals surface area contributed by atoms with Gasteiger partial charge < -0.3 is 18.9 Å². The monoisotopic (exact) mass is 598 g/mol. The van der Waals surface area contributed by atoms with Crippen molar-refractivity contribution in [2.24, 2.45) is 0 Å². The molecule has 0 atom stereocenters.